The number of nitrogens with one attached hydrogen (secondary N) is 1. The number of halogens is 3. The monoisotopic (exact) mass is 595 g/mol. The molecule has 4 saturated heterocycles. The van der Waals surface area contributed by atoms with Gasteiger partial charge in [0.25, 0.3) is 5.56 Å². The van der Waals surface area contributed by atoms with Crippen molar-refractivity contribution in [3.05, 3.63) is 52.5 Å². The minimum atomic E-state index is -2.40. The number of hydrogen-bond donors (Lipinski definition) is 2. The minimum Gasteiger partial charge on any atom is -0.508 e. The van der Waals surface area contributed by atoms with Gasteiger partial charge >= 0.3 is 6.01 Å². The molecule has 6 heterocycles. The van der Waals surface area contributed by atoms with Gasteiger partial charge in [0, 0.05) is 49.6 Å². The lowest BCUT2D eigenvalue weighted by Gasteiger charge is -2.34. The third-order valence-corrected chi connectivity index (χ3v) is 9.25. The Kier molecular flexibility index (Phi) is 5.56. The molecule has 43 heavy (non-hydrogen) atoms. The largest absolute Gasteiger partial charge is 0.508 e. The van der Waals surface area contributed by atoms with Crippen LogP contribution in [0.15, 0.2) is 35.3 Å². The summed E-state index contributed by atoms with van der Waals surface area (Å²) in [5, 5.41) is 18.4. The third-order valence-electron chi connectivity index (χ3n) is 9.25. The van der Waals surface area contributed by atoms with Crippen molar-refractivity contribution in [2.45, 2.75) is 55.9 Å². The van der Waals surface area contributed by atoms with Crippen LogP contribution in [0.25, 0.3) is 27.4 Å². The number of phenols is 1. The van der Waals surface area contributed by atoms with E-state index in [2.05, 4.69) is 20.4 Å². The number of nitrogens with zero attached hydrogens (tertiary/aromatic N) is 6. The number of ether oxygens (including phenoxy) is 1. The topological polar surface area (TPSA) is 109 Å². The zero-order chi connectivity index (χ0) is 31.2. The van der Waals surface area contributed by atoms with E-state index in [0.29, 0.717) is 38.3 Å². The summed E-state index contributed by atoms with van der Waals surface area (Å²) in [6, 6.07) is 4.56. The number of fused-ring (bicyclic) bond motifs is 5. The number of benzene rings is 2. The molecule has 4 aromatic rings. The van der Waals surface area contributed by atoms with E-state index < -0.39 is 41.5 Å². The molecule has 0 amide bonds. The molecule has 2 N–H and O–H groups in total. The molecule has 4 fully saturated rings. The third kappa shape index (κ3) is 4.31. The molecule has 0 spiro atoms. The maximum atomic E-state index is 15.1. The van der Waals surface area contributed by atoms with Crippen molar-refractivity contribution in [3.8, 4) is 17.4 Å². The maximum Gasteiger partial charge on any atom is 0.319 e. The standard InChI is InChI=1S/C30H30F3N7O3/c31-17-10-30(6-1-7-39(30)12-17)15-43-29-36-26-21(27(37-29)38-13-18-3-4-19(14-38)35-18)11-34-40(28(26)42)23-9-20(41)8-16-2-5-22(32)25(33)24(16)23/h2,5,8-9,11,17-19,35,41H,1,3-4,6-7,10,12-15H2/t17-,18-,19+,30+/m1/s1/i15D2. The van der Waals surface area contributed by atoms with E-state index in [0.717, 1.165) is 29.7 Å². The Morgan fingerprint density at radius 2 is 1.98 bits per heavy atom. The van der Waals surface area contributed by atoms with Gasteiger partial charge in [-0.1, -0.05) is 6.07 Å². The summed E-state index contributed by atoms with van der Waals surface area (Å²) >= 11 is 0. The summed E-state index contributed by atoms with van der Waals surface area (Å²) in [5.74, 6) is -2.31. The molecule has 2 aromatic heterocycles. The van der Waals surface area contributed by atoms with Gasteiger partial charge in [-0.25, -0.2) is 13.2 Å². The Bertz CT molecular complexity index is 1920. The van der Waals surface area contributed by atoms with E-state index in [1.807, 2.05) is 4.90 Å². The van der Waals surface area contributed by atoms with Gasteiger partial charge in [0.15, 0.2) is 11.6 Å². The van der Waals surface area contributed by atoms with Crippen molar-refractivity contribution in [2.24, 2.45) is 0 Å². The Morgan fingerprint density at radius 1 is 1.16 bits per heavy atom. The molecule has 0 unspecified atom stereocenters. The average molecular weight is 596 g/mol. The first-order valence-electron chi connectivity index (χ1n) is 15.5. The first-order chi connectivity index (χ1) is 21.5. The Morgan fingerprint density at radius 3 is 2.79 bits per heavy atom. The Hall–Kier alpha value is -3.97. The smallest absolute Gasteiger partial charge is 0.319 e. The maximum absolute atomic E-state index is 15.1. The zero-order valence-electron chi connectivity index (χ0n) is 25.1. The summed E-state index contributed by atoms with van der Waals surface area (Å²) in [6.45, 7) is -0.600. The van der Waals surface area contributed by atoms with Gasteiger partial charge in [-0.05, 0) is 49.7 Å². The van der Waals surface area contributed by atoms with Crippen molar-refractivity contribution in [1.82, 2.24) is 30.0 Å². The van der Waals surface area contributed by atoms with Gasteiger partial charge in [0.05, 0.1) is 25.6 Å². The lowest BCUT2D eigenvalue weighted by molar-refractivity contribution is 0.107. The predicted molar refractivity (Wildman–Crippen MR) is 153 cm³/mol. The van der Waals surface area contributed by atoms with Gasteiger partial charge in [-0.3, -0.25) is 9.69 Å². The SMILES string of the molecule is [2H]C([2H])(Oc1nc(N2C[C@H]3CC[C@@H](C2)N3)c2cnn(-c3cc(O)cc4ccc(F)c(F)c34)c(=O)c2n1)[C@@]12CCCN1C[C@H](F)C2. The molecule has 8 rings (SSSR count). The number of piperazine rings is 1. The van der Waals surface area contributed by atoms with E-state index in [-0.39, 0.29) is 58.2 Å². The quantitative estimate of drug-likeness (QED) is 0.360. The highest BCUT2D eigenvalue weighted by Gasteiger charge is 2.49. The summed E-state index contributed by atoms with van der Waals surface area (Å²) < 4.78 is 68.7. The molecule has 10 nitrogen and oxygen atoms in total. The second kappa shape index (κ2) is 9.78. The van der Waals surface area contributed by atoms with E-state index in [1.165, 1.54) is 18.3 Å². The van der Waals surface area contributed by atoms with Crippen molar-refractivity contribution in [1.29, 1.82) is 0 Å². The first-order valence-corrected chi connectivity index (χ1v) is 14.5. The van der Waals surface area contributed by atoms with Crippen molar-refractivity contribution in [3.63, 3.8) is 0 Å². The van der Waals surface area contributed by atoms with E-state index in [1.54, 1.807) is 4.90 Å². The van der Waals surface area contributed by atoms with Crippen LogP contribution in [0.4, 0.5) is 19.0 Å². The molecule has 224 valence electrons. The summed E-state index contributed by atoms with van der Waals surface area (Å²) in [4.78, 5) is 26.9. The fourth-order valence-electron chi connectivity index (χ4n) is 7.34. The minimum absolute atomic E-state index is 0.0367. The van der Waals surface area contributed by atoms with Crippen LogP contribution in [0, 0.1) is 11.6 Å². The van der Waals surface area contributed by atoms with Crippen LogP contribution in [0.1, 0.15) is 34.8 Å². The number of aromatic hydroxyl groups is 1. The van der Waals surface area contributed by atoms with Crippen LogP contribution in [-0.2, 0) is 0 Å². The fraction of sp³-hybridized carbons (Fsp3) is 0.467. The molecule has 4 aliphatic rings. The van der Waals surface area contributed by atoms with Crippen molar-refractivity contribution in [2.75, 3.05) is 37.6 Å². The van der Waals surface area contributed by atoms with E-state index in [4.69, 9.17) is 7.48 Å². The molecule has 2 aromatic carbocycles. The number of phenolic OH excluding ortho intramolecular Hbond substituents is 1. The van der Waals surface area contributed by atoms with Gasteiger partial charge in [0.1, 0.15) is 29.8 Å². The molecule has 2 bridgehead atoms. The highest BCUT2D eigenvalue weighted by molar-refractivity contribution is 5.93. The predicted octanol–water partition coefficient (Wildman–Crippen LogP) is 3.21. The fourth-order valence-corrected chi connectivity index (χ4v) is 7.34. The van der Waals surface area contributed by atoms with Crippen LogP contribution in [-0.4, -0.2) is 86.3 Å². The van der Waals surface area contributed by atoms with Crippen molar-refractivity contribution < 1.29 is 25.8 Å². The number of alkyl halides is 1. The average Bonchev–Trinajstić information content (AvgIpc) is 3.66. The number of rotatable bonds is 5. The number of anilines is 1. The Balaban J connectivity index is 1.30. The lowest BCUT2D eigenvalue weighted by atomic mass is 9.95. The van der Waals surface area contributed by atoms with Crippen LogP contribution < -0.4 is 20.5 Å². The van der Waals surface area contributed by atoms with Crippen LogP contribution in [0.2, 0.25) is 0 Å². The van der Waals surface area contributed by atoms with Crippen LogP contribution >= 0.6 is 0 Å². The second-order valence-corrected chi connectivity index (χ2v) is 12.0. The summed E-state index contributed by atoms with van der Waals surface area (Å²) in [6.07, 6.45) is 3.13. The van der Waals surface area contributed by atoms with Crippen molar-refractivity contribution >= 4 is 27.5 Å². The van der Waals surface area contributed by atoms with Crippen LogP contribution in [0.3, 0.4) is 0 Å². The molecule has 13 heteroatoms. The van der Waals surface area contributed by atoms with E-state index >= 15 is 4.39 Å². The lowest BCUT2D eigenvalue weighted by Crippen LogP contribution is -2.51. The Labute approximate surface area is 246 Å². The molecule has 4 aliphatic heterocycles. The molecule has 0 aliphatic carbocycles. The number of hydrogen-bond acceptors (Lipinski definition) is 9. The summed E-state index contributed by atoms with van der Waals surface area (Å²) in [7, 11) is 0. The second-order valence-electron chi connectivity index (χ2n) is 12.0. The van der Waals surface area contributed by atoms with Crippen LogP contribution in [0.5, 0.6) is 11.8 Å². The van der Waals surface area contributed by atoms with Gasteiger partial charge < -0.3 is 20.1 Å². The highest BCUT2D eigenvalue weighted by atomic mass is 19.2. The van der Waals surface area contributed by atoms with Gasteiger partial charge in [-0.15, -0.1) is 0 Å². The van der Waals surface area contributed by atoms with Gasteiger partial charge in [0.2, 0.25) is 0 Å². The highest BCUT2D eigenvalue weighted by Crippen LogP contribution is 2.40. The molecule has 0 radical (unpaired) electrons. The number of aromatic nitrogens is 4. The molecule has 4 atom stereocenters. The molecular formula is C30H30F3N7O3. The van der Waals surface area contributed by atoms with Gasteiger partial charge in [-0.2, -0.15) is 19.7 Å². The molecular weight excluding hydrogens is 563 g/mol. The molecule has 0 saturated carbocycles. The summed E-state index contributed by atoms with van der Waals surface area (Å²) in [5.41, 5.74) is -2.43. The zero-order valence-corrected chi connectivity index (χ0v) is 23.1. The van der Waals surface area contributed by atoms with E-state index in [9.17, 15) is 18.7 Å². The first kappa shape index (κ1) is 24.5. The normalized spacial score (nSPS) is 28.0.